The van der Waals surface area contributed by atoms with E-state index in [2.05, 4.69) is 34.4 Å². The van der Waals surface area contributed by atoms with Crippen LogP contribution in [0.4, 0.5) is 5.69 Å². The lowest BCUT2D eigenvalue weighted by Crippen LogP contribution is -2.32. The van der Waals surface area contributed by atoms with Gasteiger partial charge in [-0.3, -0.25) is 9.59 Å². The highest BCUT2D eigenvalue weighted by molar-refractivity contribution is 6.04. The molecule has 1 amide bonds. The molecule has 1 fully saturated rings. The smallest absolute Gasteiger partial charge is 0.261 e. The number of carbonyl (C=O) groups excluding carboxylic acids is 1. The summed E-state index contributed by atoms with van der Waals surface area (Å²) in [5.74, 6) is 0.843. The molecule has 6 nitrogen and oxygen atoms in total. The maximum absolute atomic E-state index is 12.6. The number of aliphatic imine (C=N–C) groups is 1. The number of aromatic nitrogens is 1. The van der Waals surface area contributed by atoms with Crippen molar-refractivity contribution in [3.8, 4) is 0 Å². The number of piperidine rings is 1. The molecule has 2 heterocycles. The van der Waals surface area contributed by atoms with Crippen LogP contribution >= 0.6 is 0 Å². The fourth-order valence-corrected chi connectivity index (χ4v) is 3.65. The van der Waals surface area contributed by atoms with Crippen LogP contribution < -0.4 is 10.9 Å². The summed E-state index contributed by atoms with van der Waals surface area (Å²) in [6, 6.07) is 9.83. The van der Waals surface area contributed by atoms with E-state index < -0.39 is 0 Å². The number of nitrogens with zero attached hydrogens (tertiary/aromatic N) is 3. The van der Waals surface area contributed by atoms with Crippen molar-refractivity contribution in [1.82, 2.24) is 14.8 Å². The Morgan fingerprint density at radius 1 is 1.14 bits per heavy atom. The van der Waals surface area contributed by atoms with Gasteiger partial charge in [0.15, 0.2) is 0 Å². The fraction of sp³-hybridized carbons (Fsp3) is 0.409. The Kier molecular flexibility index (Phi) is 6.09. The quantitative estimate of drug-likeness (QED) is 0.504. The van der Waals surface area contributed by atoms with Gasteiger partial charge in [0.2, 0.25) is 6.41 Å². The van der Waals surface area contributed by atoms with Crippen molar-refractivity contribution in [2.75, 3.05) is 20.1 Å². The maximum atomic E-state index is 12.6. The van der Waals surface area contributed by atoms with Crippen molar-refractivity contribution in [2.24, 2.45) is 12.0 Å². The molecule has 0 unspecified atom stereocenters. The van der Waals surface area contributed by atoms with E-state index in [4.69, 9.17) is 0 Å². The molecule has 28 heavy (non-hydrogen) atoms. The Morgan fingerprint density at radius 2 is 1.86 bits per heavy atom. The number of benzene rings is 1. The number of amides is 1. The Balaban J connectivity index is 1.94. The molecule has 0 saturated carbocycles. The van der Waals surface area contributed by atoms with Crippen LogP contribution in [-0.4, -0.2) is 41.8 Å². The normalized spacial score (nSPS) is 16.2. The van der Waals surface area contributed by atoms with Gasteiger partial charge in [0.05, 0.1) is 11.3 Å². The molecule has 1 aliphatic heterocycles. The average molecular weight is 380 g/mol. The number of nitrogens with one attached hydrogen (secondary N) is 1. The number of hydrogen-bond acceptors (Lipinski definition) is 4. The largest absolute Gasteiger partial charge is 0.315 e. The summed E-state index contributed by atoms with van der Waals surface area (Å²) >= 11 is 0. The SMILES string of the molecule is Cc1cc(C2CCN(C)CC2)ccc1/N=C(\NC=O)c1ccc(C)n(C)c1=O. The van der Waals surface area contributed by atoms with Crippen LogP contribution in [-0.2, 0) is 11.8 Å². The lowest BCUT2D eigenvalue weighted by Gasteiger charge is -2.29. The number of pyridine rings is 1. The Labute approximate surface area is 165 Å². The van der Waals surface area contributed by atoms with Crippen molar-refractivity contribution < 1.29 is 4.79 Å². The number of carbonyl (C=O) groups is 1. The number of aryl methyl sites for hydroxylation is 2. The minimum atomic E-state index is -0.186. The minimum Gasteiger partial charge on any atom is -0.315 e. The summed E-state index contributed by atoms with van der Waals surface area (Å²) < 4.78 is 1.55. The van der Waals surface area contributed by atoms with Gasteiger partial charge >= 0.3 is 0 Å². The zero-order valence-electron chi connectivity index (χ0n) is 17.0. The van der Waals surface area contributed by atoms with Gasteiger partial charge in [-0.1, -0.05) is 12.1 Å². The molecule has 2 aromatic rings. The van der Waals surface area contributed by atoms with Crippen LogP contribution in [0, 0.1) is 13.8 Å². The van der Waals surface area contributed by atoms with Crippen molar-refractivity contribution in [3.05, 3.63) is 63.1 Å². The lowest BCUT2D eigenvalue weighted by molar-refractivity contribution is -0.108. The second-order valence-corrected chi connectivity index (χ2v) is 7.60. The molecule has 0 spiro atoms. The van der Waals surface area contributed by atoms with E-state index in [1.807, 2.05) is 26.0 Å². The van der Waals surface area contributed by atoms with Crippen LogP contribution in [0.5, 0.6) is 0 Å². The van der Waals surface area contributed by atoms with Crippen molar-refractivity contribution in [3.63, 3.8) is 0 Å². The Morgan fingerprint density at radius 3 is 2.50 bits per heavy atom. The van der Waals surface area contributed by atoms with Gasteiger partial charge in [0.1, 0.15) is 5.84 Å². The molecule has 1 N–H and O–H groups in total. The Hall–Kier alpha value is -2.73. The molecular formula is C22H28N4O2. The van der Waals surface area contributed by atoms with E-state index in [1.165, 1.54) is 5.56 Å². The van der Waals surface area contributed by atoms with Crippen LogP contribution in [0.1, 0.15) is 41.1 Å². The second-order valence-electron chi connectivity index (χ2n) is 7.60. The molecule has 148 valence electrons. The monoisotopic (exact) mass is 380 g/mol. The number of likely N-dealkylation sites (tertiary alicyclic amines) is 1. The molecule has 6 heteroatoms. The third-order valence-corrected chi connectivity index (χ3v) is 5.65. The third-order valence-electron chi connectivity index (χ3n) is 5.65. The maximum Gasteiger partial charge on any atom is 0.261 e. The van der Waals surface area contributed by atoms with Gasteiger partial charge in [0.25, 0.3) is 5.56 Å². The molecule has 0 aliphatic carbocycles. The van der Waals surface area contributed by atoms with Gasteiger partial charge in [-0.05, 0) is 82.1 Å². The zero-order valence-corrected chi connectivity index (χ0v) is 17.0. The first-order chi connectivity index (χ1) is 13.4. The van der Waals surface area contributed by atoms with Crippen LogP contribution in [0.15, 0.2) is 40.1 Å². The van der Waals surface area contributed by atoms with Crippen molar-refractivity contribution in [2.45, 2.75) is 32.6 Å². The van der Waals surface area contributed by atoms with Gasteiger partial charge in [-0.2, -0.15) is 0 Å². The predicted octanol–water partition coefficient (Wildman–Crippen LogP) is 2.64. The fourth-order valence-electron chi connectivity index (χ4n) is 3.65. The minimum absolute atomic E-state index is 0.186. The van der Waals surface area contributed by atoms with Crippen LogP contribution in [0.25, 0.3) is 0 Å². The number of rotatable bonds is 4. The number of hydrogen-bond donors (Lipinski definition) is 1. The molecule has 0 radical (unpaired) electrons. The molecule has 3 rings (SSSR count). The predicted molar refractivity (Wildman–Crippen MR) is 112 cm³/mol. The summed E-state index contributed by atoms with van der Waals surface area (Å²) in [5, 5.41) is 2.60. The number of amidine groups is 1. The highest BCUT2D eigenvalue weighted by Crippen LogP contribution is 2.31. The van der Waals surface area contributed by atoms with Gasteiger partial charge in [-0.15, -0.1) is 0 Å². The van der Waals surface area contributed by atoms with Crippen molar-refractivity contribution in [1.29, 1.82) is 0 Å². The van der Waals surface area contributed by atoms with Crippen molar-refractivity contribution >= 4 is 17.9 Å². The molecular weight excluding hydrogens is 352 g/mol. The summed E-state index contributed by atoms with van der Waals surface area (Å²) in [5.41, 5.74) is 4.15. The first kappa shape index (κ1) is 20.0. The molecule has 1 saturated heterocycles. The summed E-state index contributed by atoms with van der Waals surface area (Å²) in [4.78, 5) is 30.7. The topological polar surface area (TPSA) is 66.7 Å². The third kappa shape index (κ3) is 4.22. The standard InChI is InChI=1S/C22H28N4O2/c1-15-13-18(17-9-11-25(3)12-10-17)6-8-20(15)24-21(23-14-27)19-7-5-16(2)26(4)22(19)28/h5-8,13-14,17H,9-12H2,1-4H3,(H,23,24,27). The van der Waals surface area contributed by atoms with E-state index in [9.17, 15) is 9.59 Å². The zero-order chi connectivity index (χ0) is 20.3. The summed E-state index contributed by atoms with van der Waals surface area (Å²) in [7, 11) is 3.87. The first-order valence-electron chi connectivity index (χ1n) is 9.65. The van der Waals surface area contributed by atoms with E-state index in [0.717, 1.165) is 42.9 Å². The summed E-state index contributed by atoms with van der Waals surface area (Å²) in [6.07, 6.45) is 2.88. The molecule has 1 aromatic carbocycles. The second kappa shape index (κ2) is 8.52. The molecule has 1 aromatic heterocycles. The van der Waals surface area contributed by atoms with E-state index in [-0.39, 0.29) is 11.4 Å². The van der Waals surface area contributed by atoms with Gasteiger partial charge in [-0.25, -0.2) is 4.99 Å². The molecule has 0 bridgehead atoms. The summed E-state index contributed by atoms with van der Waals surface area (Å²) in [6.45, 7) is 6.12. The Bertz CT molecular complexity index is 953. The molecule has 1 aliphatic rings. The molecule has 0 atom stereocenters. The highest BCUT2D eigenvalue weighted by atomic mass is 16.1. The average Bonchev–Trinajstić information content (AvgIpc) is 2.68. The highest BCUT2D eigenvalue weighted by Gasteiger charge is 2.19. The van der Waals surface area contributed by atoms with E-state index in [0.29, 0.717) is 17.9 Å². The first-order valence-corrected chi connectivity index (χ1v) is 9.65. The van der Waals surface area contributed by atoms with E-state index >= 15 is 0 Å². The van der Waals surface area contributed by atoms with Crippen LogP contribution in [0.3, 0.4) is 0 Å². The van der Waals surface area contributed by atoms with E-state index in [1.54, 1.807) is 17.7 Å². The van der Waals surface area contributed by atoms with Gasteiger partial charge < -0.3 is 14.8 Å². The lowest BCUT2D eigenvalue weighted by atomic mass is 9.88. The van der Waals surface area contributed by atoms with Crippen LogP contribution in [0.2, 0.25) is 0 Å². The van der Waals surface area contributed by atoms with Gasteiger partial charge in [0, 0.05) is 12.7 Å².